The lowest BCUT2D eigenvalue weighted by molar-refractivity contribution is -0.116. The summed E-state index contributed by atoms with van der Waals surface area (Å²) in [4.78, 5) is 16.9. The molecule has 1 unspecified atom stereocenters. The zero-order valence-electron chi connectivity index (χ0n) is 13.3. The number of thiazole rings is 1. The first kappa shape index (κ1) is 15.4. The van der Waals surface area contributed by atoms with Crippen LogP contribution in [-0.4, -0.2) is 32.2 Å². The summed E-state index contributed by atoms with van der Waals surface area (Å²) in [5, 5.41) is 23.9. The van der Waals surface area contributed by atoms with E-state index in [-0.39, 0.29) is 11.7 Å². The number of nitrogens with zero attached hydrogens (tertiary/aromatic N) is 2. The third kappa shape index (κ3) is 2.99. The van der Waals surface area contributed by atoms with Crippen LogP contribution in [0.5, 0.6) is 5.75 Å². The number of aromatic nitrogens is 3. The highest BCUT2D eigenvalue weighted by Gasteiger charge is 2.16. The summed E-state index contributed by atoms with van der Waals surface area (Å²) in [6.45, 7) is 1.75. The number of nitrogens with one attached hydrogen (secondary N) is 3. The molecular weight excluding hydrogens is 338 g/mol. The number of hydrogen-bond donors (Lipinski definition) is 4. The van der Waals surface area contributed by atoms with E-state index in [0.29, 0.717) is 10.8 Å². The highest BCUT2D eigenvalue weighted by atomic mass is 32.1. The molecule has 1 amide bonds. The van der Waals surface area contributed by atoms with Crippen molar-refractivity contribution < 1.29 is 9.90 Å². The predicted molar refractivity (Wildman–Crippen MR) is 99.1 cm³/mol. The zero-order valence-corrected chi connectivity index (χ0v) is 14.1. The normalized spacial score (nSPS) is 12.4. The average molecular weight is 353 g/mol. The highest BCUT2D eigenvalue weighted by Crippen LogP contribution is 2.31. The number of H-pyrrole nitrogens is 1. The average Bonchev–Trinajstić information content (AvgIpc) is 3.19. The number of hydrogen-bond acceptors (Lipinski definition) is 6. The molecule has 7 nitrogen and oxygen atoms in total. The molecule has 0 aliphatic carbocycles. The molecule has 1 atom stereocenters. The molecule has 2 heterocycles. The second-order valence-electron chi connectivity index (χ2n) is 5.67. The number of carbonyl (C=O) groups excluding carboxylic acids is 1. The van der Waals surface area contributed by atoms with Gasteiger partial charge in [-0.2, -0.15) is 5.10 Å². The Kier molecular flexibility index (Phi) is 3.73. The number of phenols is 1. The molecule has 0 saturated carbocycles. The third-order valence-corrected chi connectivity index (χ3v) is 4.85. The Hall–Kier alpha value is -3.13. The number of amides is 1. The fourth-order valence-electron chi connectivity index (χ4n) is 2.58. The van der Waals surface area contributed by atoms with E-state index < -0.39 is 6.04 Å². The van der Waals surface area contributed by atoms with E-state index in [1.807, 2.05) is 12.1 Å². The summed E-state index contributed by atoms with van der Waals surface area (Å²) in [6, 6.07) is 9.98. The van der Waals surface area contributed by atoms with Crippen molar-refractivity contribution in [2.24, 2.45) is 0 Å². The molecular formula is C17H15N5O2S. The number of aromatic amines is 1. The van der Waals surface area contributed by atoms with E-state index >= 15 is 0 Å². The Bertz CT molecular complexity index is 1070. The van der Waals surface area contributed by atoms with Gasteiger partial charge in [-0.25, -0.2) is 4.98 Å². The maximum absolute atomic E-state index is 12.4. The van der Waals surface area contributed by atoms with Crippen molar-refractivity contribution in [1.29, 1.82) is 0 Å². The summed E-state index contributed by atoms with van der Waals surface area (Å²) < 4.78 is 0.982. The van der Waals surface area contributed by atoms with Crippen LogP contribution in [0.25, 0.3) is 21.1 Å². The van der Waals surface area contributed by atoms with Crippen LogP contribution >= 0.6 is 11.3 Å². The molecule has 4 N–H and O–H groups in total. The molecule has 4 aromatic rings. The van der Waals surface area contributed by atoms with Crippen LogP contribution < -0.4 is 10.6 Å². The Balaban J connectivity index is 1.52. The smallest absolute Gasteiger partial charge is 0.248 e. The van der Waals surface area contributed by atoms with E-state index in [1.54, 1.807) is 37.4 Å². The first-order valence-electron chi connectivity index (χ1n) is 7.69. The van der Waals surface area contributed by atoms with Gasteiger partial charge in [-0.1, -0.05) is 17.4 Å². The summed E-state index contributed by atoms with van der Waals surface area (Å²) in [5.41, 5.74) is 2.43. The highest BCUT2D eigenvalue weighted by molar-refractivity contribution is 7.23. The molecule has 0 bridgehead atoms. The van der Waals surface area contributed by atoms with Crippen LogP contribution in [0.15, 0.2) is 42.6 Å². The van der Waals surface area contributed by atoms with Crippen LogP contribution in [0.2, 0.25) is 0 Å². The summed E-state index contributed by atoms with van der Waals surface area (Å²) in [7, 11) is 0. The quantitative estimate of drug-likeness (QED) is 0.451. The number of benzene rings is 2. The fourth-order valence-corrected chi connectivity index (χ4v) is 3.56. The van der Waals surface area contributed by atoms with Gasteiger partial charge in [0, 0.05) is 17.1 Å². The van der Waals surface area contributed by atoms with Gasteiger partial charge >= 0.3 is 0 Å². The summed E-state index contributed by atoms with van der Waals surface area (Å²) in [6.07, 6.45) is 1.76. The minimum absolute atomic E-state index is 0.146. The molecule has 0 radical (unpaired) electrons. The van der Waals surface area contributed by atoms with Gasteiger partial charge in [0.05, 0.1) is 21.9 Å². The number of anilines is 2. The van der Waals surface area contributed by atoms with E-state index in [0.717, 1.165) is 21.1 Å². The lowest BCUT2D eigenvalue weighted by atomic mass is 10.2. The van der Waals surface area contributed by atoms with E-state index in [1.165, 1.54) is 11.3 Å². The molecule has 25 heavy (non-hydrogen) atoms. The first-order chi connectivity index (χ1) is 12.1. The maximum atomic E-state index is 12.4. The topological polar surface area (TPSA) is 103 Å². The fraction of sp³-hybridized carbons (Fsp3) is 0.118. The van der Waals surface area contributed by atoms with Crippen molar-refractivity contribution in [2.45, 2.75) is 13.0 Å². The number of carbonyl (C=O) groups is 1. The van der Waals surface area contributed by atoms with Crippen LogP contribution in [0.1, 0.15) is 6.92 Å². The van der Waals surface area contributed by atoms with Crippen molar-refractivity contribution in [3.8, 4) is 5.75 Å². The van der Waals surface area contributed by atoms with Gasteiger partial charge in [0.1, 0.15) is 11.8 Å². The van der Waals surface area contributed by atoms with E-state index in [2.05, 4.69) is 25.8 Å². The van der Waals surface area contributed by atoms with Crippen LogP contribution in [0, 0.1) is 0 Å². The minimum Gasteiger partial charge on any atom is -0.508 e. The number of rotatable bonds is 4. The van der Waals surface area contributed by atoms with Crippen molar-refractivity contribution in [3.05, 3.63) is 42.6 Å². The van der Waals surface area contributed by atoms with Crippen LogP contribution in [0.4, 0.5) is 10.8 Å². The Morgan fingerprint density at radius 2 is 2.20 bits per heavy atom. The molecule has 0 saturated heterocycles. The lowest BCUT2D eigenvalue weighted by Crippen LogP contribution is -2.31. The van der Waals surface area contributed by atoms with Crippen LogP contribution in [0.3, 0.4) is 0 Å². The lowest BCUT2D eigenvalue weighted by Gasteiger charge is -2.14. The van der Waals surface area contributed by atoms with Crippen LogP contribution in [-0.2, 0) is 4.79 Å². The standard InChI is InChI=1S/C17H15N5O2S/c1-9(19-10-3-2-4-11(23)7-10)16(24)21-17-20-14-6-5-13-12(8-18-22-13)15(14)25-17/h2-9,19,23H,1H3,(H,18,22)(H,20,21,24). The number of phenolic OH excluding ortho intramolecular Hbond substituents is 1. The SMILES string of the molecule is CC(Nc1cccc(O)c1)C(=O)Nc1nc2ccc3[nH]ncc3c2s1. The zero-order chi connectivity index (χ0) is 17.4. The van der Waals surface area contributed by atoms with Gasteiger partial charge in [-0.15, -0.1) is 0 Å². The third-order valence-electron chi connectivity index (χ3n) is 3.83. The second-order valence-corrected chi connectivity index (χ2v) is 6.67. The Morgan fingerprint density at radius 1 is 1.32 bits per heavy atom. The Morgan fingerprint density at radius 3 is 3.04 bits per heavy atom. The molecule has 0 aliphatic heterocycles. The van der Waals surface area contributed by atoms with E-state index in [4.69, 9.17) is 0 Å². The maximum Gasteiger partial charge on any atom is 0.248 e. The predicted octanol–water partition coefficient (Wildman–Crippen LogP) is 3.32. The molecule has 2 aromatic carbocycles. The summed E-state index contributed by atoms with van der Waals surface area (Å²) >= 11 is 1.42. The number of fused-ring (bicyclic) bond motifs is 3. The van der Waals surface area contributed by atoms with Gasteiger partial charge in [0.25, 0.3) is 0 Å². The monoisotopic (exact) mass is 353 g/mol. The number of aromatic hydroxyl groups is 1. The van der Waals surface area contributed by atoms with Gasteiger partial charge in [0.15, 0.2) is 5.13 Å². The molecule has 126 valence electrons. The molecule has 0 fully saturated rings. The summed E-state index contributed by atoms with van der Waals surface area (Å²) in [5.74, 6) is -0.0567. The molecule has 0 aliphatic rings. The Labute approximate surface area is 146 Å². The van der Waals surface area contributed by atoms with Crippen molar-refractivity contribution >= 4 is 49.2 Å². The van der Waals surface area contributed by atoms with Crippen molar-refractivity contribution in [1.82, 2.24) is 15.2 Å². The van der Waals surface area contributed by atoms with Gasteiger partial charge in [-0.3, -0.25) is 9.89 Å². The molecule has 2 aromatic heterocycles. The molecule has 8 heteroatoms. The minimum atomic E-state index is -0.484. The first-order valence-corrected chi connectivity index (χ1v) is 8.51. The molecule has 4 rings (SSSR count). The largest absolute Gasteiger partial charge is 0.508 e. The second kappa shape index (κ2) is 6.06. The van der Waals surface area contributed by atoms with Crippen molar-refractivity contribution in [2.75, 3.05) is 10.6 Å². The van der Waals surface area contributed by atoms with Gasteiger partial charge < -0.3 is 15.7 Å². The van der Waals surface area contributed by atoms with Crippen molar-refractivity contribution in [3.63, 3.8) is 0 Å². The molecule has 0 spiro atoms. The van der Waals surface area contributed by atoms with E-state index in [9.17, 15) is 9.90 Å². The van der Waals surface area contributed by atoms with Gasteiger partial charge in [-0.05, 0) is 31.2 Å². The van der Waals surface area contributed by atoms with Gasteiger partial charge in [0.2, 0.25) is 5.91 Å².